The lowest BCUT2D eigenvalue weighted by molar-refractivity contribution is -0.372. The Hall–Kier alpha value is -2.56. The molecule has 0 amide bonds. The number of H-pyrrole nitrogens is 1. The first-order valence-electron chi connectivity index (χ1n) is 7.46. The molecule has 5 heteroatoms. The van der Waals surface area contributed by atoms with Crippen molar-refractivity contribution in [3.63, 3.8) is 0 Å². The Labute approximate surface area is 126 Å². The molecule has 2 heterocycles. The van der Waals surface area contributed by atoms with Crippen LogP contribution in [0.3, 0.4) is 0 Å². The summed E-state index contributed by atoms with van der Waals surface area (Å²) >= 11 is 0. The van der Waals surface area contributed by atoms with Crippen molar-refractivity contribution >= 4 is 27.6 Å². The Bertz CT molecular complexity index is 960. The second-order valence-electron chi connectivity index (χ2n) is 5.68. The third-order valence-electron chi connectivity index (χ3n) is 4.44. The van der Waals surface area contributed by atoms with Crippen molar-refractivity contribution in [1.82, 2.24) is 0 Å². The van der Waals surface area contributed by atoms with E-state index in [2.05, 4.69) is 4.98 Å². The number of nitrogens with one attached hydrogen (secondary N) is 1. The number of nitrogen functional groups attached to an aromatic ring is 1. The fourth-order valence-corrected chi connectivity index (χ4v) is 3.46. The van der Waals surface area contributed by atoms with Crippen LogP contribution in [0, 0.1) is 0 Å². The Morgan fingerprint density at radius 1 is 1.23 bits per heavy atom. The van der Waals surface area contributed by atoms with Crippen LogP contribution >= 0.6 is 0 Å². The summed E-state index contributed by atoms with van der Waals surface area (Å²) in [6.45, 7) is 0. The Morgan fingerprint density at radius 2 is 2.05 bits per heavy atom. The molecule has 0 atom stereocenters. The van der Waals surface area contributed by atoms with Gasteiger partial charge in [0.25, 0.3) is 5.82 Å². The van der Waals surface area contributed by atoms with Gasteiger partial charge in [-0.3, -0.25) is 5.73 Å². The number of aromatic amines is 1. The van der Waals surface area contributed by atoms with Crippen molar-refractivity contribution in [3.8, 4) is 5.75 Å². The van der Waals surface area contributed by atoms with Crippen molar-refractivity contribution < 1.29 is 14.1 Å². The van der Waals surface area contributed by atoms with E-state index in [0.717, 1.165) is 42.1 Å². The van der Waals surface area contributed by atoms with Crippen molar-refractivity contribution in [1.29, 1.82) is 0 Å². The molecule has 0 bridgehead atoms. The summed E-state index contributed by atoms with van der Waals surface area (Å²) in [5.74, 6) is 0.946. The summed E-state index contributed by atoms with van der Waals surface area (Å²) in [4.78, 5) is 15.6. The van der Waals surface area contributed by atoms with E-state index in [1.165, 1.54) is 5.56 Å². The smallest absolute Gasteiger partial charge is 0.352 e. The zero-order chi connectivity index (χ0) is 15.3. The van der Waals surface area contributed by atoms with Gasteiger partial charge < -0.3 is 9.15 Å². The molecule has 1 aromatic carbocycles. The second kappa shape index (κ2) is 4.73. The number of methoxy groups -OCH3 is 1. The molecular formula is C17H17N2O3+. The normalized spacial score (nSPS) is 14.2. The first kappa shape index (κ1) is 13.1. The summed E-state index contributed by atoms with van der Waals surface area (Å²) in [7, 11) is 1.57. The number of hydrogen-bond donors (Lipinski definition) is 1. The van der Waals surface area contributed by atoms with Crippen LogP contribution in [0.1, 0.15) is 24.1 Å². The summed E-state index contributed by atoms with van der Waals surface area (Å²) in [6, 6.07) is 5.65. The minimum Gasteiger partial charge on any atom is -0.493 e. The Morgan fingerprint density at radius 3 is 2.86 bits per heavy atom. The van der Waals surface area contributed by atoms with Crippen LogP contribution in [-0.4, -0.2) is 7.11 Å². The second-order valence-corrected chi connectivity index (χ2v) is 5.68. The van der Waals surface area contributed by atoms with Gasteiger partial charge in [0.2, 0.25) is 0 Å². The average Bonchev–Trinajstić information content (AvgIpc) is 2.53. The van der Waals surface area contributed by atoms with Crippen LogP contribution in [0.2, 0.25) is 0 Å². The first-order valence-corrected chi connectivity index (χ1v) is 7.46. The molecular weight excluding hydrogens is 280 g/mol. The van der Waals surface area contributed by atoms with Crippen LogP contribution in [0.15, 0.2) is 27.4 Å². The minimum atomic E-state index is -0.422. The molecule has 0 radical (unpaired) electrons. The molecule has 4 rings (SSSR count). The lowest BCUT2D eigenvalue weighted by Gasteiger charge is -2.16. The number of pyridine rings is 1. The fourth-order valence-electron chi connectivity index (χ4n) is 3.46. The van der Waals surface area contributed by atoms with Gasteiger partial charge >= 0.3 is 5.63 Å². The molecule has 0 saturated heterocycles. The van der Waals surface area contributed by atoms with E-state index in [0.29, 0.717) is 22.5 Å². The Kier molecular flexibility index (Phi) is 2.82. The highest BCUT2D eigenvalue weighted by Crippen LogP contribution is 2.35. The van der Waals surface area contributed by atoms with E-state index in [4.69, 9.17) is 14.9 Å². The number of nitrogens with two attached hydrogens (primary N) is 1. The number of para-hydroxylation sites is 1. The quantitative estimate of drug-likeness (QED) is 0.552. The highest BCUT2D eigenvalue weighted by atomic mass is 16.5. The molecule has 0 unspecified atom stereocenters. The SMILES string of the molecule is COc1cccc2c1oc(=O)c1c(N)[nH+]c3c(c12)CCCC3. The van der Waals surface area contributed by atoms with Gasteiger partial charge in [0.1, 0.15) is 5.69 Å². The summed E-state index contributed by atoms with van der Waals surface area (Å²) in [6.07, 6.45) is 4.15. The lowest BCUT2D eigenvalue weighted by atomic mass is 9.90. The largest absolute Gasteiger partial charge is 0.493 e. The summed E-state index contributed by atoms with van der Waals surface area (Å²) < 4.78 is 10.8. The van der Waals surface area contributed by atoms with Crippen molar-refractivity contribution in [3.05, 3.63) is 39.9 Å². The van der Waals surface area contributed by atoms with E-state index >= 15 is 0 Å². The van der Waals surface area contributed by atoms with Gasteiger partial charge in [-0.25, -0.2) is 9.78 Å². The first-order chi connectivity index (χ1) is 10.7. The molecule has 22 heavy (non-hydrogen) atoms. The summed E-state index contributed by atoms with van der Waals surface area (Å²) in [5, 5.41) is 2.24. The molecule has 3 aromatic rings. The lowest BCUT2D eigenvalue weighted by Crippen LogP contribution is -2.24. The molecule has 1 aliphatic carbocycles. The van der Waals surface area contributed by atoms with Gasteiger partial charge in [-0.2, -0.15) is 0 Å². The summed E-state index contributed by atoms with van der Waals surface area (Å²) in [5.41, 5.74) is 8.47. The van der Waals surface area contributed by atoms with Crippen molar-refractivity contribution in [2.24, 2.45) is 0 Å². The molecule has 1 aliphatic rings. The van der Waals surface area contributed by atoms with Crippen molar-refractivity contribution in [2.45, 2.75) is 25.7 Å². The topological polar surface area (TPSA) is 79.6 Å². The van der Waals surface area contributed by atoms with Gasteiger partial charge in [0.15, 0.2) is 16.7 Å². The number of ether oxygens (including phenoxy) is 1. The van der Waals surface area contributed by atoms with E-state index in [-0.39, 0.29) is 0 Å². The van der Waals surface area contributed by atoms with Crippen LogP contribution < -0.4 is 21.1 Å². The zero-order valence-electron chi connectivity index (χ0n) is 12.4. The molecule has 0 aliphatic heterocycles. The predicted molar refractivity (Wildman–Crippen MR) is 84.2 cm³/mol. The third-order valence-corrected chi connectivity index (χ3v) is 4.44. The number of aryl methyl sites for hydroxylation is 2. The van der Waals surface area contributed by atoms with Gasteiger partial charge in [-0.15, -0.1) is 0 Å². The highest BCUT2D eigenvalue weighted by Gasteiger charge is 2.24. The average molecular weight is 297 g/mol. The maximum atomic E-state index is 12.4. The molecule has 0 saturated carbocycles. The molecule has 0 spiro atoms. The number of hydrogen-bond acceptors (Lipinski definition) is 4. The van der Waals surface area contributed by atoms with Gasteiger partial charge in [-0.1, -0.05) is 12.1 Å². The number of aromatic nitrogens is 1. The zero-order valence-corrected chi connectivity index (χ0v) is 12.4. The maximum absolute atomic E-state index is 12.4. The van der Waals surface area contributed by atoms with Crippen molar-refractivity contribution in [2.75, 3.05) is 12.8 Å². The van der Waals surface area contributed by atoms with E-state index in [1.54, 1.807) is 13.2 Å². The third kappa shape index (κ3) is 1.71. The van der Waals surface area contributed by atoms with Crippen LogP contribution in [0.4, 0.5) is 5.82 Å². The van der Waals surface area contributed by atoms with Gasteiger partial charge in [-0.05, 0) is 25.3 Å². The van der Waals surface area contributed by atoms with Crippen LogP contribution in [0.5, 0.6) is 5.75 Å². The highest BCUT2D eigenvalue weighted by molar-refractivity contribution is 6.10. The van der Waals surface area contributed by atoms with Gasteiger partial charge in [0, 0.05) is 22.8 Å². The molecule has 5 nitrogen and oxygen atoms in total. The molecule has 3 N–H and O–H groups in total. The minimum absolute atomic E-state index is 0.383. The number of benzene rings is 1. The number of anilines is 1. The fraction of sp³-hybridized carbons (Fsp3) is 0.294. The monoisotopic (exact) mass is 297 g/mol. The molecule has 112 valence electrons. The van der Waals surface area contributed by atoms with E-state index < -0.39 is 5.63 Å². The Balaban J connectivity index is 2.29. The predicted octanol–water partition coefficient (Wildman–Crippen LogP) is 2.23. The van der Waals surface area contributed by atoms with Crippen LogP contribution in [0.25, 0.3) is 21.7 Å². The standard InChI is InChI=1S/C17H16N2O3/c1-21-12-8-4-6-10-13-9-5-2-3-7-11(9)19-16(18)14(13)17(20)22-15(10)12/h4,6,8H,2-3,5,7H2,1H3,(H2,18,19)/p+1. The van der Waals surface area contributed by atoms with E-state index in [1.807, 2.05) is 12.1 Å². The molecule has 2 aromatic heterocycles. The van der Waals surface area contributed by atoms with Crippen LogP contribution in [-0.2, 0) is 12.8 Å². The van der Waals surface area contributed by atoms with Gasteiger partial charge in [0.05, 0.1) is 7.11 Å². The maximum Gasteiger partial charge on any atom is 0.352 e. The number of rotatable bonds is 1. The number of fused-ring (bicyclic) bond motifs is 5. The molecule has 0 fully saturated rings. The van der Waals surface area contributed by atoms with E-state index in [9.17, 15) is 4.79 Å².